The number of nitriles is 1. The molecule has 18 heavy (non-hydrogen) atoms. The van der Waals surface area contributed by atoms with Gasteiger partial charge in [-0.1, -0.05) is 0 Å². The third kappa shape index (κ3) is 3.45. The monoisotopic (exact) mass is 247 g/mol. The van der Waals surface area contributed by atoms with Crippen LogP contribution >= 0.6 is 0 Å². The molecule has 5 heteroatoms. The van der Waals surface area contributed by atoms with E-state index in [0.29, 0.717) is 24.3 Å². The summed E-state index contributed by atoms with van der Waals surface area (Å²) >= 11 is 0. The molecule has 1 heterocycles. The Morgan fingerprint density at radius 1 is 1.61 bits per heavy atom. The zero-order valence-electron chi connectivity index (χ0n) is 10.9. The minimum Gasteiger partial charge on any atom is -0.465 e. The number of esters is 1. The van der Waals surface area contributed by atoms with Gasteiger partial charge in [-0.15, -0.1) is 0 Å². The summed E-state index contributed by atoms with van der Waals surface area (Å²) in [5, 5.41) is 8.65. The SMILES string of the molecule is COC(=O)c1ccnc(N(CCC#N)C(C)C)c1. The van der Waals surface area contributed by atoms with Crippen molar-refractivity contribution in [3.05, 3.63) is 23.9 Å². The fraction of sp³-hybridized carbons (Fsp3) is 0.462. The smallest absolute Gasteiger partial charge is 0.338 e. The molecule has 0 aliphatic rings. The van der Waals surface area contributed by atoms with Crippen molar-refractivity contribution in [1.29, 1.82) is 5.26 Å². The second-order valence-electron chi connectivity index (χ2n) is 4.09. The van der Waals surface area contributed by atoms with Crippen molar-refractivity contribution in [1.82, 2.24) is 4.98 Å². The Kier molecular flexibility index (Phi) is 5.12. The number of carbonyl (C=O) groups is 1. The van der Waals surface area contributed by atoms with E-state index in [1.807, 2.05) is 18.7 Å². The molecule has 1 aromatic heterocycles. The van der Waals surface area contributed by atoms with Crippen LogP contribution < -0.4 is 4.90 Å². The molecule has 0 saturated carbocycles. The number of anilines is 1. The standard InChI is InChI=1S/C13H17N3O2/c1-10(2)16(8-4-6-14)12-9-11(5-7-15-12)13(17)18-3/h5,7,9-10H,4,8H2,1-3H3. The average Bonchev–Trinajstić information content (AvgIpc) is 2.38. The average molecular weight is 247 g/mol. The van der Waals surface area contributed by atoms with Crippen molar-refractivity contribution < 1.29 is 9.53 Å². The first-order chi connectivity index (χ1) is 8.60. The van der Waals surface area contributed by atoms with Crippen molar-refractivity contribution in [3.8, 4) is 6.07 Å². The second kappa shape index (κ2) is 6.60. The minimum atomic E-state index is -0.386. The van der Waals surface area contributed by atoms with Crippen LogP contribution in [0.3, 0.4) is 0 Å². The molecule has 0 amide bonds. The van der Waals surface area contributed by atoms with Crippen molar-refractivity contribution in [3.63, 3.8) is 0 Å². The summed E-state index contributed by atoms with van der Waals surface area (Å²) in [6, 6.07) is 5.61. The van der Waals surface area contributed by atoms with Gasteiger partial charge in [0.1, 0.15) is 5.82 Å². The highest BCUT2D eigenvalue weighted by atomic mass is 16.5. The molecule has 1 rings (SSSR count). The molecule has 0 N–H and O–H groups in total. The molecule has 5 nitrogen and oxygen atoms in total. The molecule has 0 saturated heterocycles. The molecular weight excluding hydrogens is 230 g/mol. The molecule has 0 aliphatic heterocycles. The van der Waals surface area contributed by atoms with E-state index in [1.165, 1.54) is 7.11 Å². The highest BCUT2D eigenvalue weighted by Gasteiger charge is 2.14. The van der Waals surface area contributed by atoms with Gasteiger partial charge >= 0.3 is 5.97 Å². The first kappa shape index (κ1) is 14.0. The fourth-order valence-electron chi connectivity index (χ4n) is 1.63. The maximum Gasteiger partial charge on any atom is 0.338 e. The third-order valence-corrected chi connectivity index (χ3v) is 2.55. The number of carbonyl (C=O) groups excluding carboxylic acids is 1. The molecule has 0 fully saturated rings. The third-order valence-electron chi connectivity index (χ3n) is 2.55. The fourth-order valence-corrected chi connectivity index (χ4v) is 1.63. The summed E-state index contributed by atoms with van der Waals surface area (Å²) in [4.78, 5) is 17.7. The van der Waals surface area contributed by atoms with Gasteiger partial charge in [-0.25, -0.2) is 9.78 Å². The van der Waals surface area contributed by atoms with Crippen LogP contribution in [0.25, 0.3) is 0 Å². The summed E-state index contributed by atoms with van der Waals surface area (Å²) in [5.74, 6) is 0.297. The van der Waals surface area contributed by atoms with Crippen molar-refractivity contribution >= 4 is 11.8 Å². The summed E-state index contributed by atoms with van der Waals surface area (Å²) in [7, 11) is 1.35. The zero-order valence-corrected chi connectivity index (χ0v) is 10.9. The van der Waals surface area contributed by atoms with Gasteiger partial charge < -0.3 is 9.64 Å². The minimum absolute atomic E-state index is 0.207. The van der Waals surface area contributed by atoms with Gasteiger partial charge in [-0.05, 0) is 26.0 Å². The number of methoxy groups -OCH3 is 1. The van der Waals surface area contributed by atoms with E-state index in [1.54, 1.807) is 18.3 Å². The number of aromatic nitrogens is 1. The van der Waals surface area contributed by atoms with Crippen LogP contribution in [0.5, 0.6) is 0 Å². The summed E-state index contributed by atoms with van der Waals surface area (Å²) in [5.41, 5.74) is 0.463. The zero-order chi connectivity index (χ0) is 13.5. The van der Waals surface area contributed by atoms with Gasteiger partial charge in [0.05, 0.1) is 25.2 Å². The largest absolute Gasteiger partial charge is 0.465 e. The van der Waals surface area contributed by atoms with E-state index in [9.17, 15) is 4.79 Å². The Morgan fingerprint density at radius 3 is 2.89 bits per heavy atom. The van der Waals surface area contributed by atoms with E-state index in [0.717, 1.165) is 0 Å². The van der Waals surface area contributed by atoms with Crippen LogP contribution in [0, 0.1) is 11.3 Å². The van der Waals surface area contributed by atoms with Crippen LogP contribution in [0.15, 0.2) is 18.3 Å². The molecule has 0 aromatic carbocycles. The van der Waals surface area contributed by atoms with Crippen molar-refractivity contribution in [2.45, 2.75) is 26.3 Å². The van der Waals surface area contributed by atoms with Gasteiger partial charge in [-0.3, -0.25) is 0 Å². The Labute approximate surface area is 107 Å². The number of pyridine rings is 1. The molecule has 0 aliphatic carbocycles. The molecular formula is C13H17N3O2. The second-order valence-corrected chi connectivity index (χ2v) is 4.09. The lowest BCUT2D eigenvalue weighted by Crippen LogP contribution is -2.32. The quantitative estimate of drug-likeness (QED) is 0.744. The van der Waals surface area contributed by atoms with Gasteiger partial charge in [0, 0.05) is 18.8 Å². The first-order valence-electron chi connectivity index (χ1n) is 5.78. The summed E-state index contributed by atoms with van der Waals surface area (Å²) in [6.07, 6.45) is 1.99. The van der Waals surface area contributed by atoms with Crippen LogP contribution in [-0.4, -0.2) is 30.6 Å². The molecule has 0 unspecified atom stereocenters. The van der Waals surface area contributed by atoms with Gasteiger partial charge in [-0.2, -0.15) is 5.26 Å². The molecule has 0 spiro atoms. The van der Waals surface area contributed by atoms with E-state index in [4.69, 9.17) is 5.26 Å². The highest BCUT2D eigenvalue weighted by Crippen LogP contribution is 2.16. The number of hydrogen-bond acceptors (Lipinski definition) is 5. The summed E-state index contributed by atoms with van der Waals surface area (Å²) < 4.78 is 4.68. The number of nitrogens with zero attached hydrogens (tertiary/aromatic N) is 3. The number of hydrogen-bond donors (Lipinski definition) is 0. The van der Waals surface area contributed by atoms with Crippen LogP contribution in [0.4, 0.5) is 5.82 Å². The van der Waals surface area contributed by atoms with Crippen molar-refractivity contribution in [2.75, 3.05) is 18.6 Å². The maximum absolute atomic E-state index is 11.5. The normalized spacial score (nSPS) is 9.94. The molecule has 96 valence electrons. The Morgan fingerprint density at radius 2 is 2.33 bits per heavy atom. The highest BCUT2D eigenvalue weighted by molar-refractivity contribution is 5.90. The van der Waals surface area contributed by atoms with Gasteiger partial charge in [0.2, 0.25) is 0 Å². The number of ether oxygens (including phenoxy) is 1. The molecule has 0 bridgehead atoms. The van der Waals surface area contributed by atoms with Crippen LogP contribution in [0.1, 0.15) is 30.6 Å². The van der Waals surface area contributed by atoms with E-state index < -0.39 is 0 Å². The molecule has 1 aromatic rings. The van der Waals surface area contributed by atoms with E-state index in [-0.39, 0.29) is 12.0 Å². The Bertz CT molecular complexity index is 452. The van der Waals surface area contributed by atoms with Gasteiger partial charge in [0.15, 0.2) is 0 Å². The maximum atomic E-state index is 11.5. The first-order valence-corrected chi connectivity index (χ1v) is 5.78. The summed E-state index contributed by atoms with van der Waals surface area (Å²) in [6.45, 7) is 4.62. The topological polar surface area (TPSA) is 66.2 Å². The predicted octanol–water partition coefficient (Wildman–Crippen LogP) is 2.00. The molecule has 0 atom stereocenters. The lowest BCUT2D eigenvalue weighted by atomic mass is 10.2. The van der Waals surface area contributed by atoms with Crippen molar-refractivity contribution in [2.24, 2.45) is 0 Å². The molecule has 0 radical (unpaired) electrons. The Balaban J connectivity index is 2.98. The lowest BCUT2D eigenvalue weighted by Gasteiger charge is -2.27. The number of rotatable bonds is 5. The van der Waals surface area contributed by atoms with E-state index in [2.05, 4.69) is 15.8 Å². The Hall–Kier alpha value is -2.09. The van der Waals surface area contributed by atoms with E-state index >= 15 is 0 Å². The van der Waals surface area contributed by atoms with Crippen LogP contribution in [0.2, 0.25) is 0 Å². The van der Waals surface area contributed by atoms with Gasteiger partial charge in [0.25, 0.3) is 0 Å². The predicted molar refractivity (Wildman–Crippen MR) is 68.3 cm³/mol. The lowest BCUT2D eigenvalue weighted by molar-refractivity contribution is 0.0600. The van der Waals surface area contributed by atoms with Crippen LogP contribution in [-0.2, 0) is 4.74 Å².